The lowest BCUT2D eigenvalue weighted by atomic mass is 10.1. The maximum atomic E-state index is 13.8. The summed E-state index contributed by atoms with van der Waals surface area (Å²) in [6.45, 7) is 0. The molecule has 1 heterocycles. The first-order chi connectivity index (χ1) is 12.4. The van der Waals surface area contributed by atoms with Gasteiger partial charge in [0.05, 0.1) is 10.5 Å². The Bertz CT molecular complexity index is 1130. The van der Waals surface area contributed by atoms with Crippen molar-refractivity contribution in [1.29, 1.82) is 5.26 Å². The van der Waals surface area contributed by atoms with Gasteiger partial charge in [0.2, 0.25) is 9.84 Å². The second-order valence-electron chi connectivity index (χ2n) is 5.26. The molecule has 0 N–H and O–H groups in total. The van der Waals surface area contributed by atoms with Crippen LogP contribution in [0.4, 0.5) is 4.39 Å². The van der Waals surface area contributed by atoms with E-state index in [2.05, 4.69) is 15.9 Å². The van der Waals surface area contributed by atoms with E-state index in [9.17, 15) is 18.1 Å². The van der Waals surface area contributed by atoms with Crippen LogP contribution in [0.5, 0.6) is 0 Å². The average molecular weight is 432 g/mol. The minimum Gasteiger partial charge on any atom is -0.457 e. The fraction of sp³-hybridized carbons (Fsp3) is 0. The van der Waals surface area contributed by atoms with Crippen LogP contribution in [0.15, 0.2) is 79.4 Å². The van der Waals surface area contributed by atoms with Crippen molar-refractivity contribution in [2.24, 2.45) is 0 Å². The molecule has 0 unspecified atom stereocenters. The van der Waals surface area contributed by atoms with E-state index in [1.165, 1.54) is 30.3 Å². The topological polar surface area (TPSA) is 71.1 Å². The smallest absolute Gasteiger partial charge is 0.216 e. The maximum Gasteiger partial charge on any atom is 0.216 e. The number of furan rings is 1. The lowest BCUT2D eigenvalue weighted by Gasteiger charge is -2.02. The lowest BCUT2D eigenvalue weighted by Crippen LogP contribution is -2.03. The summed E-state index contributed by atoms with van der Waals surface area (Å²) in [5.74, 6) is -0.0754. The summed E-state index contributed by atoms with van der Waals surface area (Å²) in [7, 11) is -3.98. The largest absolute Gasteiger partial charge is 0.457 e. The molecule has 0 radical (unpaired) electrons. The summed E-state index contributed by atoms with van der Waals surface area (Å²) in [5, 5.41) is 9.30. The first-order valence-corrected chi connectivity index (χ1v) is 9.66. The van der Waals surface area contributed by atoms with Crippen LogP contribution in [-0.2, 0) is 9.84 Å². The fourth-order valence-electron chi connectivity index (χ4n) is 2.28. The number of hydrogen-bond donors (Lipinski definition) is 0. The van der Waals surface area contributed by atoms with E-state index in [-0.39, 0.29) is 22.0 Å². The summed E-state index contributed by atoms with van der Waals surface area (Å²) in [5.41, 5.74) is 0.251. The minimum atomic E-state index is -3.98. The second-order valence-corrected chi connectivity index (χ2v) is 8.09. The molecule has 0 saturated heterocycles. The lowest BCUT2D eigenvalue weighted by molar-refractivity contribution is 0.560. The van der Waals surface area contributed by atoms with E-state index >= 15 is 0 Å². The zero-order valence-corrected chi connectivity index (χ0v) is 15.6. The first-order valence-electron chi connectivity index (χ1n) is 7.39. The van der Waals surface area contributed by atoms with Gasteiger partial charge in [-0.25, -0.2) is 12.8 Å². The third-order valence-corrected chi connectivity index (χ3v) is 5.77. The molecule has 7 heteroatoms. The van der Waals surface area contributed by atoms with Crippen LogP contribution < -0.4 is 0 Å². The Kier molecular flexibility index (Phi) is 5.07. The van der Waals surface area contributed by atoms with Crippen molar-refractivity contribution >= 4 is 31.8 Å². The van der Waals surface area contributed by atoms with Gasteiger partial charge in [0, 0.05) is 10.5 Å². The second kappa shape index (κ2) is 7.28. The number of rotatable bonds is 4. The molecule has 0 spiro atoms. The molecular formula is C19H11BrFNO3S. The van der Waals surface area contributed by atoms with Gasteiger partial charge in [-0.2, -0.15) is 5.26 Å². The highest BCUT2D eigenvalue weighted by Crippen LogP contribution is 2.27. The van der Waals surface area contributed by atoms with Gasteiger partial charge < -0.3 is 4.42 Å². The minimum absolute atomic E-state index is 0.00520. The summed E-state index contributed by atoms with van der Waals surface area (Å²) < 4.78 is 45.2. The Morgan fingerprint density at radius 1 is 1.08 bits per heavy atom. The Hall–Kier alpha value is -2.69. The zero-order chi connectivity index (χ0) is 18.7. The molecular weight excluding hydrogens is 421 g/mol. The number of nitriles is 1. The number of hydrogen-bond acceptors (Lipinski definition) is 4. The van der Waals surface area contributed by atoms with E-state index in [0.29, 0.717) is 0 Å². The molecule has 26 heavy (non-hydrogen) atoms. The number of nitrogens with zero attached hydrogens (tertiary/aromatic N) is 1. The van der Waals surface area contributed by atoms with Gasteiger partial charge in [-0.3, -0.25) is 0 Å². The van der Waals surface area contributed by atoms with Gasteiger partial charge in [-0.1, -0.05) is 28.1 Å². The van der Waals surface area contributed by atoms with Crippen LogP contribution >= 0.6 is 15.9 Å². The van der Waals surface area contributed by atoms with Gasteiger partial charge in [-0.15, -0.1) is 0 Å². The van der Waals surface area contributed by atoms with Gasteiger partial charge in [0.15, 0.2) is 4.91 Å². The summed E-state index contributed by atoms with van der Waals surface area (Å²) in [6, 6.07) is 16.7. The van der Waals surface area contributed by atoms with Gasteiger partial charge >= 0.3 is 0 Å². The number of allylic oxidation sites excluding steroid dienone is 1. The quantitative estimate of drug-likeness (QED) is 0.533. The molecule has 2 aromatic carbocycles. The summed E-state index contributed by atoms with van der Waals surface area (Å²) in [6.07, 6.45) is 1.13. The van der Waals surface area contributed by atoms with Crippen LogP contribution in [0.3, 0.4) is 0 Å². The number of benzene rings is 2. The van der Waals surface area contributed by atoms with E-state index in [1.807, 2.05) is 0 Å². The Morgan fingerprint density at radius 3 is 2.42 bits per heavy atom. The predicted molar refractivity (Wildman–Crippen MR) is 99.0 cm³/mol. The van der Waals surface area contributed by atoms with Crippen LogP contribution in [0.2, 0.25) is 0 Å². The molecule has 4 nitrogen and oxygen atoms in total. The average Bonchev–Trinajstić information content (AvgIpc) is 3.08. The van der Waals surface area contributed by atoms with Crippen LogP contribution in [0, 0.1) is 17.1 Å². The van der Waals surface area contributed by atoms with Gasteiger partial charge in [0.1, 0.15) is 23.4 Å². The normalized spacial score (nSPS) is 12.0. The van der Waals surface area contributed by atoms with Crippen molar-refractivity contribution in [1.82, 2.24) is 0 Å². The molecule has 130 valence electrons. The number of halogens is 2. The molecule has 0 bridgehead atoms. The maximum absolute atomic E-state index is 13.8. The van der Waals surface area contributed by atoms with Gasteiger partial charge in [-0.05, 0) is 48.5 Å². The van der Waals surface area contributed by atoms with Gasteiger partial charge in [0.25, 0.3) is 0 Å². The van der Waals surface area contributed by atoms with Crippen molar-refractivity contribution in [3.63, 3.8) is 0 Å². The summed E-state index contributed by atoms with van der Waals surface area (Å²) in [4.78, 5) is -0.469. The fourth-order valence-corrected chi connectivity index (χ4v) is 3.68. The molecule has 0 amide bonds. The Balaban J connectivity index is 1.99. The van der Waals surface area contributed by atoms with Crippen molar-refractivity contribution in [2.45, 2.75) is 4.90 Å². The molecule has 0 aliphatic heterocycles. The standard InChI is InChI=1S/C19H11BrFNO3S/c20-13-5-8-15(9-6-13)26(23,24)16(12-22)11-14-7-10-19(25-14)17-3-1-2-4-18(17)21/h1-11H/b16-11+. The third kappa shape index (κ3) is 3.62. The Labute approximate surface area is 158 Å². The molecule has 0 aliphatic carbocycles. The third-order valence-electron chi connectivity index (χ3n) is 3.56. The SMILES string of the molecule is N#C/C(=C\c1ccc(-c2ccccc2F)o1)S(=O)(=O)c1ccc(Br)cc1. The van der Waals surface area contributed by atoms with Crippen molar-refractivity contribution in [2.75, 3.05) is 0 Å². The highest BCUT2D eigenvalue weighted by Gasteiger charge is 2.21. The van der Waals surface area contributed by atoms with E-state index in [1.54, 1.807) is 36.4 Å². The van der Waals surface area contributed by atoms with E-state index in [0.717, 1.165) is 10.5 Å². The molecule has 0 atom stereocenters. The monoisotopic (exact) mass is 431 g/mol. The number of sulfone groups is 1. The molecule has 3 aromatic rings. The zero-order valence-electron chi connectivity index (χ0n) is 13.2. The Morgan fingerprint density at radius 2 is 1.77 bits per heavy atom. The van der Waals surface area contributed by atoms with Crippen molar-refractivity contribution in [3.8, 4) is 17.4 Å². The van der Waals surface area contributed by atoms with Crippen LogP contribution in [0.25, 0.3) is 17.4 Å². The molecule has 3 rings (SSSR count). The summed E-state index contributed by atoms with van der Waals surface area (Å²) >= 11 is 3.23. The van der Waals surface area contributed by atoms with Crippen LogP contribution in [0.1, 0.15) is 5.76 Å². The van der Waals surface area contributed by atoms with E-state index < -0.39 is 20.6 Å². The first kappa shape index (κ1) is 18.1. The molecule has 1 aromatic heterocycles. The van der Waals surface area contributed by atoms with Crippen LogP contribution in [-0.4, -0.2) is 8.42 Å². The van der Waals surface area contributed by atoms with Crippen molar-refractivity contribution in [3.05, 3.63) is 81.6 Å². The molecule has 0 saturated carbocycles. The highest BCUT2D eigenvalue weighted by molar-refractivity contribution is 9.10. The highest BCUT2D eigenvalue weighted by atomic mass is 79.9. The molecule has 0 aliphatic rings. The van der Waals surface area contributed by atoms with Crippen molar-refractivity contribution < 1.29 is 17.2 Å². The predicted octanol–water partition coefficient (Wildman–Crippen LogP) is 5.19. The molecule has 0 fully saturated rings. The van der Waals surface area contributed by atoms with E-state index in [4.69, 9.17) is 4.42 Å².